The van der Waals surface area contributed by atoms with E-state index in [-0.39, 0.29) is 0 Å². The molecular weight excluding hydrogens is 150 g/mol. The summed E-state index contributed by atoms with van der Waals surface area (Å²) in [6.45, 7) is 3.66. The van der Waals surface area contributed by atoms with Crippen LogP contribution in [0.15, 0.2) is 30.5 Å². The number of nitrogens with zero attached hydrogens (tertiary/aromatic N) is 2. The van der Waals surface area contributed by atoms with Gasteiger partial charge in [-0.15, -0.1) is 0 Å². The maximum absolute atomic E-state index is 3.94. The lowest BCUT2D eigenvalue weighted by Crippen LogP contribution is -2.13. The molecule has 3 nitrogen and oxygen atoms in total. The lowest BCUT2D eigenvalue weighted by molar-refractivity contribution is 0.724. The molecule has 3 heteroatoms. The van der Waals surface area contributed by atoms with Crippen LogP contribution in [0, 0.1) is 0 Å². The van der Waals surface area contributed by atoms with E-state index in [9.17, 15) is 0 Å². The van der Waals surface area contributed by atoms with Crippen molar-refractivity contribution in [3.63, 3.8) is 0 Å². The van der Waals surface area contributed by atoms with E-state index >= 15 is 0 Å². The Hall–Kier alpha value is -1.22. The largest absolute Gasteiger partial charge is 0.308 e. The molecule has 0 fully saturated rings. The smallest absolute Gasteiger partial charge is 0.0769 e. The fraction of sp³-hybridized carbons (Fsp3) is 0.333. The molecule has 0 saturated heterocycles. The lowest BCUT2D eigenvalue weighted by atomic mass is 10.4. The molecule has 64 valence electrons. The average Bonchev–Trinajstić information content (AvgIpc) is 2.14. The zero-order valence-corrected chi connectivity index (χ0v) is 7.20. The first-order chi connectivity index (χ1) is 5.93. The van der Waals surface area contributed by atoms with Gasteiger partial charge in [0.05, 0.1) is 5.69 Å². The maximum atomic E-state index is 3.94. The van der Waals surface area contributed by atoms with Crippen molar-refractivity contribution in [1.82, 2.24) is 15.5 Å². The topological polar surface area (TPSA) is 37.8 Å². The zero-order valence-electron chi connectivity index (χ0n) is 7.20. The molecule has 0 aromatic carbocycles. The SMILES string of the molecule is C/C=C/CNCc1cccnn1. The van der Waals surface area contributed by atoms with E-state index in [2.05, 4.69) is 21.6 Å². The molecule has 1 aromatic rings. The van der Waals surface area contributed by atoms with Gasteiger partial charge in [0.2, 0.25) is 0 Å². The predicted octanol–water partition coefficient (Wildman–Crippen LogP) is 1.14. The molecular formula is C9H13N3. The Morgan fingerprint density at radius 2 is 2.50 bits per heavy atom. The van der Waals surface area contributed by atoms with Gasteiger partial charge in [0.15, 0.2) is 0 Å². The molecule has 1 N–H and O–H groups in total. The van der Waals surface area contributed by atoms with Gasteiger partial charge in [-0.1, -0.05) is 12.2 Å². The van der Waals surface area contributed by atoms with E-state index in [4.69, 9.17) is 0 Å². The van der Waals surface area contributed by atoms with Crippen LogP contribution in [0.1, 0.15) is 12.6 Å². The third-order valence-electron chi connectivity index (χ3n) is 1.43. The van der Waals surface area contributed by atoms with Gasteiger partial charge in [0.1, 0.15) is 0 Å². The summed E-state index contributed by atoms with van der Waals surface area (Å²) >= 11 is 0. The van der Waals surface area contributed by atoms with Gasteiger partial charge in [0, 0.05) is 19.3 Å². The van der Waals surface area contributed by atoms with Gasteiger partial charge >= 0.3 is 0 Å². The standard InChI is InChI=1S/C9H13N3/c1-2-3-6-10-8-9-5-4-7-11-12-9/h2-5,7,10H,6,8H2,1H3/b3-2+. The van der Waals surface area contributed by atoms with Crippen LogP contribution >= 0.6 is 0 Å². The van der Waals surface area contributed by atoms with Crippen molar-refractivity contribution in [3.8, 4) is 0 Å². The molecule has 0 spiro atoms. The number of nitrogens with one attached hydrogen (secondary N) is 1. The van der Waals surface area contributed by atoms with Crippen molar-refractivity contribution in [2.75, 3.05) is 6.54 Å². The minimum atomic E-state index is 0.776. The third kappa shape index (κ3) is 3.25. The Balaban J connectivity index is 2.24. The van der Waals surface area contributed by atoms with Gasteiger partial charge in [-0.05, 0) is 19.1 Å². The molecule has 0 aliphatic heterocycles. The molecule has 0 radical (unpaired) electrons. The molecule has 0 bridgehead atoms. The highest BCUT2D eigenvalue weighted by atomic mass is 15.1. The van der Waals surface area contributed by atoms with Crippen LogP contribution < -0.4 is 5.32 Å². The lowest BCUT2D eigenvalue weighted by Gasteiger charge is -1.98. The van der Waals surface area contributed by atoms with Gasteiger partial charge in [-0.25, -0.2) is 0 Å². The molecule has 0 saturated carbocycles. The average molecular weight is 163 g/mol. The molecule has 0 aliphatic carbocycles. The van der Waals surface area contributed by atoms with Gasteiger partial charge in [-0.2, -0.15) is 10.2 Å². The van der Waals surface area contributed by atoms with Crippen LogP contribution in [0.2, 0.25) is 0 Å². The highest BCUT2D eigenvalue weighted by Crippen LogP contribution is 1.88. The fourth-order valence-electron chi connectivity index (χ4n) is 0.829. The van der Waals surface area contributed by atoms with Crippen molar-refractivity contribution in [3.05, 3.63) is 36.2 Å². The Morgan fingerprint density at radius 1 is 1.58 bits per heavy atom. The van der Waals surface area contributed by atoms with E-state index < -0.39 is 0 Å². The summed E-state index contributed by atoms with van der Waals surface area (Å²) in [4.78, 5) is 0. The Labute approximate surface area is 72.5 Å². The number of aromatic nitrogens is 2. The highest BCUT2D eigenvalue weighted by molar-refractivity contribution is 4.98. The summed E-state index contributed by atoms with van der Waals surface area (Å²) in [5.41, 5.74) is 0.974. The maximum Gasteiger partial charge on any atom is 0.0769 e. The third-order valence-corrected chi connectivity index (χ3v) is 1.43. The summed E-state index contributed by atoms with van der Waals surface area (Å²) in [6, 6.07) is 3.84. The van der Waals surface area contributed by atoms with Crippen LogP contribution in [-0.2, 0) is 6.54 Å². The van der Waals surface area contributed by atoms with E-state index in [0.717, 1.165) is 18.8 Å². The number of rotatable bonds is 4. The summed E-state index contributed by atoms with van der Waals surface area (Å²) in [5, 5.41) is 10.9. The van der Waals surface area contributed by atoms with E-state index in [1.54, 1.807) is 6.20 Å². The molecule has 0 aliphatic rings. The number of allylic oxidation sites excluding steroid dienone is 1. The minimum absolute atomic E-state index is 0.776. The summed E-state index contributed by atoms with van der Waals surface area (Å²) in [5.74, 6) is 0. The van der Waals surface area contributed by atoms with Crippen LogP contribution in [-0.4, -0.2) is 16.7 Å². The summed E-state index contributed by atoms with van der Waals surface area (Å²) in [7, 11) is 0. The quantitative estimate of drug-likeness (QED) is 0.534. The summed E-state index contributed by atoms with van der Waals surface area (Å²) in [6.07, 6.45) is 5.76. The Kier molecular flexibility index (Phi) is 4.02. The molecule has 1 aromatic heterocycles. The van der Waals surface area contributed by atoms with E-state index in [1.165, 1.54) is 0 Å². The second-order valence-electron chi connectivity index (χ2n) is 2.41. The van der Waals surface area contributed by atoms with Crippen molar-refractivity contribution in [2.45, 2.75) is 13.5 Å². The monoisotopic (exact) mass is 163 g/mol. The molecule has 0 atom stereocenters. The zero-order chi connectivity index (χ0) is 8.65. The minimum Gasteiger partial charge on any atom is -0.308 e. The molecule has 1 heterocycles. The molecule has 12 heavy (non-hydrogen) atoms. The summed E-state index contributed by atoms with van der Waals surface area (Å²) < 4.78 is 0. The second-order valence-corrected chi connectivity index (χ2v) is 2.41. The van der Waals surface area contributed by atoms with Gasteiger partial charge in [-0.3, -0.25) is 0 Å². The first-order valence-corrected chi connectivity index (χ1v) is 4.02. The Morgan fingerprint density at radius 3 is 3.17 bits per heavy atom. The number of hydrogen-bond acceptors (Lipinski definition) is 3. The van der Waals surface area contributed by atoms with Crippen LogP contribution in [0.5, 0.6) is 0 Å². The Bertz CT molecular complexity index is 231. The van der Waals surface area contributed by atoms with E-state index in [1.807, 2.05) is 25.1 Å². The highest BCUT2D eigenvalue weighted by Gasteiger charge is 1.89. The van der Waals surface area contributed by atoms with Gasteiger partial charge in [0.25, 0.3) is 0 Å². The van der Waals surface area contributed by atoms with Crippen LogP contribution in [0.3, 0.4) is 0 Å². The molecule has 0 amide bonds. The fourth-order valence-corrected chi connectivity index (χ4v) is 0.829. The number of hydrogen-bond donors (Lipinski definition) is 1. The first kappa shape index (κ1) is 8.87. The van der Waals surface area contributed by atoms with E-state index in [0.29, 0.717) is 0 Å². The van der Waals surface area contributed by atoms with Gasteiger partial charge < -0.3 is 5.32 Å². The van der Waals surface area contributed by atoms with Crippen molar-refractivity contribution in [2.24, 2.45) is 0 Å². The molecule has 0 unspecified atom stereocenters. The van der Waals surface area contributed by atoms with Crippen molar-refractivity contribution < 1.29 is 0 Å². The van der Waals surface area contributed by atoms with Crippen LogP contribution in [0.4, 0.5) is 0 Å². The second kappa shape index (κ2) is 5.43. The predicted molar refractivity (Wildman–Crippen MR) is 48.6 cm³/mol. The van der Waals surface area contributed by atoms with Crippen molar-refractivity contribution in [1.29, 1.82) is 0 Å². The first-order valence-electron chi connectivity index (χ1n) is 4.02. The van der Waals surface area contributed by atoms with Crippen molar-refractivity contribution >= 4 is 0 Å². The molecule has 1 rings (SSSR count). The van der Waals surface area contributed by atoms with Crippen LogP contribution in [0.25, 0.3) is 0 Å². The normalized spacial score (nSPS) is 10.8.